The predicted octanol–water partition coefficient (Wildman–Crippen LogP) is 11.4. The van der Waals surface area contributed by atoms with Crippen molar-refractivity contribution in [2.45, 2.75) is 338 Å². The molecule has 2 aliphatic heterocycles. The van der Waals surface area contributed by atoms with E-state index in [4.69, 9.17) is 18.9 Å². The molecule has 9 N–H and O–H groups in total. The van der Waals surface area contributed by atoms with Crippen LogP contribution in [0, 0.1) is 0 Å². The Bertz CT molecular complexity index is 1430. The summed E-state index contributed by atoms with van der Waals surface area (Å²) in [5, 5.41) is 87.1. The summed E-state index contributed by atoms with van der Waals surface area (Å²) in [6.07, 6.45) is 43.4. The third-order valence-corrected chi connectivity index (χ3v) is 15.5. The molecule has 2 fully saturated rings. The number of unbranched alkanes of at least 4 members (excludes halogenated alkanes) is 34. The molecule has 14 nitrogen and oxygen atoms in total. The molecule has 0 aliphatic carbocycles. The van der Waals surface area contributed by atoms with Gasteiger partial charge in [0, 0.05) is 6.42 Å². The lowest BCUT2D eigenvalue weighted by Crippen LogP contribution is -2.65. The number of aliphatic hydroxyl groups excluding tert-OH is 8. The number of aliphatic hydroxyl groups is 8. The van der Waals surface area contributed by atoms with Crippen LogP contribution in [0.3, 0.4) is 0 Å². The average Bonchev–Trinajstić information content (AvgIpc) is 3.43. The van der Waals surface area contributed by atoms with E-state index in [9.17, 15) is 45.6 Å². The molecule has 452 valence electrons. The standard InChI is InChI=1S/C63H117NO13/c1-3-5-7-9-11-13-15-17-19-21-22-23-24-25-26-27-28-29-30-31-33-35-37-39-41-43-45-47-55(68)64-51(52(67)46-44-42-40-38-36-34-32-20-18-16-14-12-10-8-6-4-2)50-74-62-60(73)58(71)61(54(49-66)76-62)77-63-59(72)57(70)56(69)53(48-65)75-63/h21-22,36,38,44,46,51-54,56-63,65-67,69-73H,3-20,23-35,37,39-43,45,47-50H2,1-2H3,(H,64,68)/b22-21-,38-36+,46-44+. The molecule has 77 heavy (non-hydrogen) atoms. The summed E-state index contributed by atoms with van der Waals surface area (Å²) < 4.78 is 22.8. The molecule has 0 aromatic carbocycles. The Morgan fingerprint density at radius 3 is 1.27 bits per heavy atom. The Labute approximate surface area is 468 Å². The van der Waals surface area contributed by atoms with Crippen LogP contribution in [0.2, 0.25) is 0 Å². The molecule has 0 bridgehead atoms. The summed E-state index contributed by atoms with van der Waals surface area (Å²) in [6.45, 7) is 2.80. The normalized spacial score (nSPS) is 24.9. The minimum Gasteiger partial charge on any atom is -0.394 e. The van der Waals surface area contributed by atoms with Crippen molar-refractivity contribution in [3.05, 3.63) is 36.5 Å². The van der Waals surface area contributed by atoms with E-state index in [0.29, 0.717) is 12.8 Å². The van der Waals surface area contributed by atoms with Crippen LogP contribution in [0.4, 0.5) is 0 Å². The highest BCUT2D eigenvalue weighted by Gasteiger charge is 2.51. The molecule has 0 saturated carbocycles. The van der Waals surface area contributed by atoms with E-state index in [2.05, 4.69) is 43.5 Å². The van der Waals surface area contributed by atoms with E-state index >= 15 is 0 Å². The van der Waals surface area contributed by atoms with Crippen LogP contribution in [-0.4, -0.2) is 140 Å². The topological polar surface area (TPSA) is 228 Å². The average molecular weight is 1100 g/mol. The SMILES string of the molecule is CCCCCCCCCC/C=C\CCCCCCCCCCCCCCCCCC(=O)NC(COC1OC(CO)C(OC2OC(CO)C(O)C(O)C2O)C(O)C1O)C(O)/C=C/CC/C=C/CCCCCCCCCCCC. The second-order valence-electron chi connectivity index (χ2n) is 22.5. The van der Waals surface area contributed by atoms with Crippen LogP contribution in [-0.2, 0) is 23.7 Å². The van der Waals surface area contributed by atoms with Gasteiger partial charge in [-0.25, -0.2) is 0 Å². The number of allylic oxidation sites excluding steroid dienone is 5. The van der Waals surface area contributed by atoms with E-state index in [1.165, 1.54) is 199 Å². The molecule has 2 aliphatic rings. The number of ether oxygens (including phenoxy) is 4. The van der Waals surface area contributed by atoms with E-state index < -0.39 is 86.8 Å². The number of nitrogens with one attached hydrogen (secondary N) is 1. The maximum atomic E-state index is 13.3. The molecular weight excluding hydrogens is 979 g/mol. The molecule has 1 amide bonds. The van der Waals surface area contributed by atoms with Crippen molar-refractivity contribution < 1.29 is 64.6 Å². The van der Waals surface area contributed by atoms with Gasteiger partial charge in [0.25, 0.3) is 0 Å². The maximum Gasteiger partial charge on any atom is 0.220 e. The molecule has 14 heteroatoms. The lowest BCUT2D eigenvalue weighted by Gasteiger charge is -2.46. The molecule has 12 atom stereocenters. The van der Waals surface area contributed by atoms with Crippen LogP contribution in [0.1, 0.15) is 264 Å². The van der Waals surface area contributed by atoms with Crippen molar-refractivity contribution in [2.75, 3.05) is 19.8 Å². The van der Waals surface area contributed by atoms with Crippen LogP contribution in [0.15, 0.2) is 36.5 Å². The van der Waals surface area contributed by atoms with Gasteiger partial charge in [0.15, 0.2) is 12.6 Å². The van der Waals surface area contributed by atoms with Gasteiger partial charge in [-0.1, -0.05) is 237 Å². The maximum absolute atomic E-state index is 13.3. The van der Waals surface area contributed by atoms with Crippen molar-refractivity contribution in [3.8, 4) is 0 Å². The number of carbonyl (C=O) groups is 1. The molecule has 0 aromatic rings. The number of rotatable bonds is 51. The van der Waals surface area contributed by atoms with Gasteiger partial charge in [0.2, 0.25) is 5.91 Å². The Morgan fingerprint density at radius 1 is 0.455 bits per heavy atom. The van der Waals surface area contributed by atoms with Crippen molar-refractivity contribution in [2.24, 2.45) is 0 Å². The van der Waals surface area contributed by atoms with Crippen molar-refractivity contribution >= 4 is 5.91 Å². The van der Waals surface area contributed by atoms with Gasteiger partial charge in [-0.3, -0.25) is 4.79 Å². The predicted molar refractivity (Wildman–Crippen MR) is 309 cm³/mol. The Hall–Kier alpha value is -1.79. The largest absolute Gasteiger partial charge is 0.394 e. The van der Waals surface area contributed by atoms with Crippen molar-refractivity contribution in [3.63, 3.8) is 0 Å². The van der Waals surface area contributed by atoms with Crippen molar-refractivity contribution in [1.29, 1.82) is 0 Å². The van der Waals surface area contributed by atoms with Gasteiger partial charge in [-0.2, -0.15) is 0 Å². The monoisotopic (exact) mass is 1100 g/mol. The highest BCUT2D eigenvalue weighted by Crippen LogP contribution is 2.30. The molecular formula is C63H117NO13. The second kappa shape index (κ2) is 48.9. The summed E-state index contributed by atoms with van der Waals surface area (Å²) >= 11 is 0. The summed E-state index contributed by atoms with van der Waals surface area (Å²) in [4.78, 5) is 13.3. The molecule has 0 aromatic heterocycles. The first kappa shape index (κ1) is 71.3. The zero-order valence-electron chi connectivity index (χ0n) is 48.7. The number of hydrogen-bond acceptors (Lipinski definition) is 13. The first-order chi connectivity index (χ1) is 37.6. The third kappa shape index (κ3) is 34.3. The van der Waals surface area contributed by atoms with Crippen LogP contribution >= 0.6 is 0 Å². The quantitative estimate of drug-likeness (QED) is 0.0204. The highest BCUT2D eigenvalue weighted by atomic mass is 16.7. The van der Waals surface area contributed by atoms with Crippen molar-refractivity contribution in [1.82, 2.24) is 5.32 Å². The summed E-state index contributed by atoms with van der Waals surface area (Å²) in [5.74, 6) is -0.246. The second-order valence-corrected chi connectivity index (χ2v) is 22.5. The van der Waals surface area contributed by atoms with E-state index in [0.717, 1.165) is 32.1 Å². The number of hydrogen-bond donors (Lipinski definition) is 9. The van der Waals surface area contributed by atoms with E-state index in [1.54, 1.807) is 6.08 Å². The molecule has 2 heterocycles. The van der Waals surface area contributed by atoms with E-state index in [-0.39, 0.29) is 18.9 Å². The van der Waals surface area contributed by atoms with Gasteiger partial charge in [-0.15, -0.1) is 0 Å². The smallest absolute Gasteiger partial charge is 0.220 e. The minimum absolute atomic E-state index is 0.246. The van der Waals surface area contributed by atoms with Gasteiger partial charge in [-0.05, 0) is 57.8 Å². The Kier molecular flexibility index (Phi) is 45.3. The van der Waals surface area contributed by atoms with Crippen LogP contribution in [0.25, 0.3) is 0 Å². The fourth-order valence-corrected chi connectivity index (χ4v) is 10.4. The molecule has 2 rings (SSSR count). The fraction of sp³-hybridized carbons (Fsp3) is 0.889. The Balaban J connectivity index is 1.71. The van der Waals surface area contributed by atoms with Gasteiger partial charge >= 0.3 is 0 Å². The lowest BCUT2D eigenvalue weighted by atomic mass is 9.97. The first-order valence-electron chi connectivity index (χ1n) is 31.7. The third-order valence-electron chi connectivity index (χ3n) is 15.5. The van der Waals surface area contributed by atoms with Gasteiger partial charge in [0.05, 0.1) is 32.0 Å². The van der Waals surface area contributed by atoms with Crippen LogP contribution < -0.4 is 5.32 Å². The highest BCUT2D eigenvalue weighted by molar-refractivity contribution is 5.76. The molecule has 2 saturated heterocycles. The fourth-order valence-electron chi connectivity index (χ4n) is 10.4. The Morgan fingerprint density at radius 2 is 0.831 bits per heavy atom. The number of carbonyl (C=O) groups excluding carboxylic acids is 1. The van der Waals surface area contributed by atoms with Crippen LogP contribution in [0.5, 0.6) is 0 Å². The first-order valence-corrected chi connectivity index (χ1v) is 31.7. The molecule has 0 spiro atoms. The zero-order chi connectivity index (χ0) is 56.0. The zero-order valence-corrected chi connectivity index (χ0v) is 48.7. The molecule has 0 radical (unpaired) electrons. The summed E-state index contributed by atoms with van der Waals surface area (Å²) in [6, 6.07) is -0.930. The van der Waals surface area contributed by atoms with Gasteiger partial charge in [0.1, 0.15) is 48.8 Å². The van der Waals surface area contributed by atoms with E-state index in [1.807, 2.05) is 6.08 Å². The lowest BCUT2D eigenvalue weighted by molar-refractivity contribution is -0.359. The van der Waals surface area contributed by atoms with Gasteiger partial charge < -0.3 is 65.1 Å². The minimum atomic E-state index is -1.79. The number of amides is 1. The molecule has 12 unspecified atom stereocenters. The summed E-state index contributed by atoms with van der Waals surface area (Å²) in [7, 11) is 0. The summed E-state index contributed by atoms with van der Waals surface area (Å²) in [5.41, 5.74) is 0.